The van der Waals surface area contributed by atoms with Crippen LogP contribution in [0.1, 0.15) is 15.4 Å². The zero-order chi connectivity index (χ0) is 15.6. The van der Waals surface area contributed by atoms with Crippen LogP contribution < -0.4 is 0 Å². The number of halogens is 2. The number of nitrogens with zero attached hydrogens (tertiary/aromatic N) is 2. The number of thiazole rings is 1. The van der Waals surface area contributed by atoms with E-state index < -0.39 is 0 Å². The van der Waals surface area contributed by atoms with Crippen LogP contribution in [0.25, 0.3) is 10.6 Å². The van der Waals surface area contributed by atoms with Crippen LogP contribution in [-0.2, 0) is 0 Å². The minimum Gasteiger partial charge on any atom is -0.383 e. The predicted molar refractivity (Wildman–Crippen MR) is 89.5 cm³/mol. The van der Waals surface area contributed by atoms with E-state index in [0.29, 0.717) is 20.6 Å². The number of carbonyl (C=O) groups is 1. The van der Waals surface area contributed by atoms with Gasteiger partial charge in [0, 0.05) is 37.0 Å². The number of rotatable bonds is 4. The molecule has 0 fully saturated rings. The van der Waals surface area contributed by atoms with Crippen molar-refractivity contribution in [3.8, 4) is 10.6 Å². The van der Waals surface area contributed by atoms with E-state index in [1.165, 1.54) is 17.4 Å². The summed E-state index contributed by atoms with van der Waals surface area (Å²) in [5, 5.41) is 1.82. The van der Waals surface area contributed by atoms with Gasteiger partial charge in [0.05, 0.1) is 15.6 Å². The van der Waals surface area contributed by atoms with Crippen molar-refractivity contribution >= 4 is 40.3 Å². The van der Waals surface area contributed by atoms with Crippen molar-refractivity contribution in [2.24, 2.45) is 0 Å². The monoisotopic (exact) mass is 340 g/mol. The van der Waals surface area contributed by atoms with Gasteiger partial charge in [0.15, 0.2) is 5.78 Å². The first-order valence-electron chi connectivity index (χ1n) is 6.20. The first kappa shape index (κ1) is 16.0. The summed E-state index contributed by atoms with van der Waals surface area (Å²) in [4.78, 5) is 19.0. The van der Waals surface area contributed by atoms with Crippen LogP contribution >= 0.6 is 34.5 Å². The number of carbonyl (C=O) groups excluding carboxylic acids is 1. The Labute approximate surface area is 137 Å². The lowest BCUT2D eigenvalue weighted by Gasteiger charge is -2.02. The van der Waals surface area contributed by atoms with Crippen LogP contribution in [0.2, 0.25) is 10.0 Å². The summed E-state index contributed by atoms with van der Waals surface area (Å²) in [6.45, 7) is 1.82. The second-order valence-corrected chi connectivity index (χ2v) is 6.54. The van der Waals surface area contributed by atoms with Gasteiger partial charge in [-0.05, 0) is 25.1 Å². The molecule has 0 bridgehead atoms. The van der Waals surface area contributed by atoms with E-state index in [4.69, 9.17) is 23.2 Å². The van der Waals surface area contributed by atoms with E-state index in [0.717, 1.165) is 10.6 Å². The minimum atomic E-state index is -0.0602. The first-order valence-corrected chi connectivity index (χ1v) is 7.77. The van der Waals surface area contributed by atoms with E-state index in [1.807, 2.05) is 32.0 Å². The van der Waals surface area contributed by atoms with Gasteiger partial charge in [0.2, 0.25) is 0 Å². The van der Waals surface area contributed by atoms with Crippen LogP contribution in [0.3, 0.4) is 0 Å². The van der Waals surface area contributed by atoms with Crippen LogP contribution in [0.4, 0.5) is 0 Å². The van der Waals surface area contributed by atoms with E-state index in [-0.39, 0.29) is 5.78 Å². The van der Waals surface area contributed by atoms with Crippen LogP contribution in [0, 0.1) is 6.92 Å². The molecule has 0 saturated carbocycles. The lowest BCUT2D eigenvalue weighted by atomic mass is 10.2. The zero-order valence-corrected chi connectivity index (χ0v) is 14.2. The average Bonchev–Trinajstić information content (AvgIpc) is 2.77. The van der Waals surface area contributed by atoms with Crippen LogP contribution in [0.15, 0.2) is 30.5 Å². The molecule has 2 aromatic rings. The molecule has 1 aromatic carbocycles. The van der Waals surface area contributed by atoms with Gasteiger partial charge in [-0.25, -0.2) is 4.98 Å². The molecule has 0 N–H and O–H groups in total. The van der Waals surface area contributed by atoms with E-state index in [2.05, 4.69) is 4.98 Å². The molecule has 0 aliphatic carbocycles. The van der Waals surface area contributed by atoms with Gasteiger partial charge in [-0.15, -0.1) is 11.3 Å². The Hall–Kier alpha value is -1.36. The van der Waals surface area contributed by atoms with Crippen molar-refractivity contribution in [3.05, 3.63) is 51.1 Å². The second-order valence-electron chi connectivity index (χ2n) is 4.70. The summed E-state index contributed by atoms with van der Waals surface area (Å²) in [6, 6.07) is 5.24. The molecule has 0 saturated heterocycles. The van der Waals surface area contributed by atoms with Gasteiger partial charge in [-0.3, -0.25) is 4.79 Å². The largest absolute Gasteiger partial charge is 0.383 e. The minimum absolute atomic E-state index is 0.0602. The summed E-state index contributed by atoms with van der Waals surface area (Å²) in [5.41, 5.74) is 1.49. The summed E-state index contributed by atoms with van der Waals surface area (Å²) in [7, 11) is 3.73. The van der Waals surface area contributed by atoms with Crippen molar-refractivity contribution in [2.45, 2.75) is 6.92 Å². The second kappa shape index (κ2) is 6.60. The number of allylic oxidation sites excluding steroid dienone is 1. The smallest absolute Gasteiger partial charge is 0.199 e. The fraction of sp³-hybridized carbons (Fsp3) is 0.200. The molecule has 0 aliphatic heterocycles. The van der Waals surface area contributed by atoms with Crippen molar-refractivity contribution in [1.82, 2.24) is 9.88 Å². The number of hydrogen-bond acceptors (Lipinski definition) is 4. The molecule has 1 heterocycles. The molecule has 0 unspecified atom stereocenters. The number of ketones is 1. The van der Waals surface area contributed by atoms with Crippen molar-refractivity contribution in [1.29, 1.82) is 0 Å². The molecule has 0 amide bonds. The molecule has 0 atom stereocenters. The lowest BCUT2D eigenvalue weighted by Crippen LogP contribution is -2.02. The molecule has 110 valence electrons. The molecular weight excluding hydrogens is 327 g/mol. The van der Waals surface area contributed by atoms with Crippen molar-refractivity contribution in [2.75, 3.05) is 14.1 Å². The summed E-state index contributed by atoms with van der Waals surface area (Å²) < 4.78 is 0. The highest BCUT2D eigenvalue weighted by Gasteiger charge is 2.16. The van der Waals surface area contributed by atoms with E-state index in [1.54, 1.807) is 18.3 Å². The van der Waals surface area contributed by atoms with Crippen LogP contribution in [0.5, 0.6) is 0 Å². The Balaban J connectivity index is 2.37. The molecule has 0 aliphatic rings. The summed E-state index contributed by atoms with van der Waals surface area (Å²) >= 11 is 13.4. The maximum Gasteiger partial charge on any atom is 0.199 e. The fourth-order valence-electron chi connectivity index (χ4n) is 1.70. The Morgan fingerprint density at radius 2 is 2.05 bits per heavy atom. The number of benzene rings is 1. The number of aryl methyl sites for hydroxylation is 1. The normalized spacial score (nSPS) is 11.1. The third-order valence-electron chi connectivity index (χ3n) is 2.71. The third-order valence-corrected chi connectivity index (χ3v) is 4.46. The Morgan fingerprint density at radius 3 is 2.67 bits per heavy atom. The highest BCUT2D eigenvalue weighted by molar-refractivity contribution is 7.17. The molecule has 21 heavy (non-hydrogen) atoms. The average molecular weight is 341 g/mol. The molecule has 2 rings (SSSR count). The fourth-order valence-corrected chi connectivity index (χ4v) is 3.28. The van der Waals surface area contributed by atoms with E-state index in [9.17, 15) is 4.79 Å². The van der Waals surface area contributed by atoms with Gasteiger partial charge in [-0.2, -0.15) is 0 Å². The molecular formula is C15H14Cl2N2OS. The quantitative estimate of drug-likeness (QED) is 0.598. The topological polar surface area (TPSA) is 33.2 Å². The number of hydrogen-bond donors (Lipinski definition) is 0. The molecule has 3 nitrogen and oxygen atoms in total. The predicted octanol–water partition coefficient (Wildman–Crippen LogP) is 4.68. The maximum absolute atomic E-state index is 12.2. The molecule has 6 heteroatoms. The van der Waals surface area contributed by atoms with Crippen molar-refractivity contribution < 1.29 is 4.79 Å². The Kier molecular flexibility index (Phi) is 5.04. The van der Waals surface area contributed by atoms with Gasteiger partial charge in [-0.1, -0.05) is 23.2 Å². The zero-order valence-electron chi connectivity index (χ0n) is 11.9. The van der Waals surface area contributed by atoms with E-state index >= 15 is 0 Å². The van der Waals surface area contributed by atoms with Gasteiger partial charge >= 0.3 is 0 Å². The lowest BCUT2D eigenvalue weighted by molar-refractivity contribution is 0.104. The Morgan fingerprint density at radius 1 is 1.33 bits per heavy atom. The SMILES string of the molecule is Cc1nc(-c2ccc(Cl)cc2Cl)sc1C(=O)/C=C/N(C)C. The van der Waals surface area contributed by atoms with Gasteiger partial charge in [0.1, 0.15) is 5.01 Å². The summed E-state index contributed by atoms with van der Waals surface area (Å²) in [6.07, 6.45) is 3.25. The summed E-state index contributed by atoms with van der Waals surface area (Å²) in [5.74, 6) is -0.0602. The molecule has 1 aromatic heterocycles. The highest BCUT2D eigenvalue weighted by atomic mass is 35.5. The first-order chi connectivity index (χ1) is 9.88. The van der Waals surface area contributed by atoms with Gasteiger partial charge < -0.3 is 4.90 Å². The van der Waals surface area contributed by atoms with Crippen LogP contribution in [-0.4, -0.2) is 29.8 Å². The maximum atomic E-state index is 12.2. The molecule has 0 radical (unpaired) electrons. The number of aromatic nitrogens is 1. The third kappa shape index (κ3) is 3.84. The molecule has 0 spiro atoms. The van der Waals surface area contributed by atoms with Gasteiger partial charge in [0.25, 0.3) is 0 Å². The van der Waals surface area contributed by atoms with Crippen molar-refractivity contribution in [3.63, 3.8) is 0 Å². The Bertz CT molecular complexity index is 708. The standard InChI is InChI=1S/C15H14Cl2N2OS/c1-9-14(13(20)6-7-19(2)3)21-15(18-9)11-5-4-10(16)8-12(11)17/h4-8H,1-3H3/b7-6+. The highest BCUT2D eigenvalue weighted by Crippen LogP contribution is 2.34.